The van der Waals surface area contributed by atoms with Gasteiger partial charge in [0.1, 0.15) is 5.75 Å². The highest BCUT2D eigenvalue weighted by Crippen LogP contribution is 2.22. The average Bonchev–Trinajstić information content (AvgIpc) is 2.73. The van der Waals surface area contributed by atoms with Gasteiger partial charge in [-0.25, -0.2) is 0 Å². The zero-order valence-electron chi connectivity index (χ0n) is 17.5. The Morgan fingerprint density at radius 3 is 2.55 bits per heavy atom. The van der Waals surface area contributed by atoms with Crippen molar-refractivity contribution in [3.63, 3.8) is 0 Å². The van der Waals surface area contributed by atoms with Crippen LogP contribution >= 0.6 is 11.6 Å². The lowest BCUT2D eigenvalue weighted by molar-refractivity contribution is -0.122. The van der Waals surface area contributed by atoms with Crippen LogP contribution in [0.4, 0.5) is 0 Å². The summed E-state index contributed by atoms with van der Waals surface area (Å²) < 4.78 is 10.1. The van der Waals surface area contributed by atoms with Crippen LogP contribution in [0.2, 0.25) is 5.02 Å². The van der Waals surface area contributed by atoms with E-state index in [1.807, 2.05) is 18.2 Å². The molecular formula is C20H32ClN5O3. The van der Waals surface area contributed by atoms with E-state index in [0.717, 1.165) is 56.4 Å². The summed E-state index contributed by atoms with van der Waals surface area (Å²) in [5, 5.41) is 6.97. The number of rotatable bonds is 9. The molecule has 9 heteroatoms. The number of amides is 1. The second kappa shape index (κ2) is 12.5. The minimum absolute atomic E-state index is 0.0365. The lowest BCUT2D eigenvalue weighted by Crippen LogP contribution is -2.54. The molecule has 0 aliphatic carbocycles. The predicted molar refractivity (Wildman–Crippen MR) is 116 cm³/mol. The fraction of sp³-hybridized carbons (Fsp3) is 0.600. The third-order valence-corrected chi connectivity index (χ3v) is 5.17. The van der Waals surface area contributed by atoms with Gasteiger partial charge in [0.05, 0.1) is 20.3 Å². The van der Waals surface area contributed by atoms with Crippen molar-refractivity contribution in [3.05, 3.63) is 28.8 Å². The summed E-state index contributed by atoms with van der Waals surface area (Å²) in [7, 11) is 5.04. The molecule has 8 nitrogen and oxygen atoms in total. The number of guanidine groups is 1. The van der Waals surface area contributed by atoms with Crippen LogP contribution < -0.4 is 15.4 Å². The molecule has 29 heavy (non-hydrogen) atoms. The van der Waals surface area contributed by atoms with Gasteiger partial charge in [-0.2, -0.15) is 0 Å². The van der Waals surface area contributed by atoms with E-state index in [1.165, 1.54) is 0 Å². The molecule has 1 aromatic rings. The molecule has 0 bridgehead atoms. The number of halogens is 1. The smallest absolute Gasteiger partial charge is 0.234 e. The summed E-state index contributed by atoms with van der Waals surface area (Å²) in [6, 6.07) is 5.74. The van der Waals surface area contributed by atoms with E-state index in [4.69, 9.17) is 21.1 Å². The maximum absolute atomic E-state index is 11.9. The summed E-state index contributed by atoms with van der Waals surface area (Å²) in [6.07, 6.45) is 0.795. The molecule has 0 unspecified atom stereocenters. The van der Waals surface area contributed by atoms with E-state index >= 15 is 0 Å². The highest BCUT2D eigenvalue weighted by Gasteiger charge is 2.21. The molecule has 0 saturated carbocycles. The Kier molecular flexibility index (Phi) is 10.0. The molecule has 0 radical (unpaired) electrons. The molecule has 1 aromatic carbocycles. The molecule has 1 amide bonds. The predicted octanol–water partition coefficient (Wildman–Crippen LogP) is 0.847. The Morgan fingerprint density at radius 2 is 1.93 bits per heavy atom. The molecule has 1 saturated heterocycles. The summed E-state index contributed by atoms with van der Waals surface area (Å²) >= 11 is 6.31. The lowest BCUT2D eigenvalue weighted by Gasteiger charge is -2.36. The Morgan fingerprint density at radius 1 is 1.17 bits per heavy atom. The quantitative estimate of drug-likeness (QED) is 0.347. The van der Waals surface area contributed by atoms with Crippen LogP contribution in [0.1, 0.15) is 5.56 Å². The third-order valence-electron chi connectivity index (χ3n) is 4.82. The normalized spacial score (nSPS) is 15.3. The molecule has 1 aliphatic rings. The van der Waals surface area contributed by atoms with Gasteiger partial charge in [-0.05, 0) is 24.1 Å². The van der Waals surface area contributed by atoms with Crippen molar-refractivity contribution in [3.8, 4) is 5.75 Å². The summed E-state index contributed by atoms with van der Waals surface area (Å²) in [6.45, 7) is 5.53. The van der Waals surface area contributed by atoms with Crippen molar-refractivity contribution in [1.82, 2.24) is 20.4 Å². The molecule has 0 aromatic heterocycles. The van der Waals surface area contributed by atoms with Crippen LogP contribution in [0, 0.1) is 0 Å². The standard InChI is InChI=1S/C20H32ClN5O3/c1-22-20(24-7-6-16-4-5-17(29-3)14-18(16)21)26-11-9-25(10-12-26)15-19(27)23-8-13-28-2/h4-5,14H,6-13,15H2,1-3H3,(H,22,24)(H,23,27). The average molecular weight is 426 g/mol. The number of carbonyl (C=O) groups excluding carboxylic acids is 1. The second-order valence-corrected chi connectivity index (χ2v) is 7.19. The lowest BCUT2D eigenvalue weighted by atomic mass is 10.1. The summed E-state index contributed by atoms with van der Waals surface area (Å²) in [4.78, 5) is 20.7. The first-order valence-electron chi connectivity index (χ1n) is 9.83. The minimum atomic E-state index is 0.0365. The topological polar surface area (TPSA) is 78.4 Å². The van der Waals surface area contributed by atoms with Gasteiger partial charge in [0.25, 0.3) is 0 Å². The Labute approximate surface area is 178 Å². The van der Waals surface area contributed by atoms with Crippen molar-refractivity contribution >= 4 is 23.5 Å². The molecule has 2 rings (SSSR count). The molecule has 162 valence electrons. The highest BCUT2D eigenvalue weighted by atomic mass is 35.5. The van der Waals surface area contributed by atoms with Crippen LogP contribution in [-0.2, 0) is 16.0 Å². The van der Waals surface area contributed by atoms with Gasteiger partial charge in [-0.3, -0.25) is 14.7 Å². The Hall–Kier alpha value is -2.03. The van der Waals surface area contributed by atoms with Crippen molar-refractivity contribution in [2.45, 2.75) is 6.42 Å². The molecule has 1 fully saturated rings. The maximum atomic E-state index is 11.9. The number of nitrogens with zero attached hydrogens (tertiary/aromatic N) is 3. The van der Waals surface area contributed by atoms with Crippen LogP contribution in [0.3, 0.4) is 0 Å². The number of carbonyl (C=O) groups is 1. The Balaban J connectivity index is 1.72. The number of nitrogens with one attached hydrogen (secondary N) is 2. The van der Waals surface area contributed by atoms with E-state index in [-0.39, 0.29) is 5.91 Å². The SMILES string of the molecule is CN=C(NCCc1ccc(OC)cc1Cl)N1CCN(CC(=O)NCCOC)CC1. The molecule has 0 atom stereocenters. The van der Waals surface area contributed by atoms with Crippen molar-refractivity contribution in [1.29, 1.82) is 0 Å². The van der Waals surface area contributed by atoms with Crippen LogP contribution in [0.15, 0.2) is 23.2 Å². The van der Waals surface area contributed by atoms with Gasteiger partial charge in [0, 0.05) is 58.4 Å². The number of hydrogen-bond donors (Lipinski definition) is 2. The number of benzene rings is 1. The maximum Gasteiger partial charge on any atom is 0.234 e. The van der Waals surface area contributed by atoms with Gasteiger partial charge in [-0.15, -0.1) is 0 Å². The summed E-state index contributed by atoms with van der Waals surface area (Å²) in [5.74, 6) is 1.67. The van der Waals surface area contributed by atoms with E-state index in [2.05, 4.69) is 25.4 Å². The third kappa shape index (κ3) is 7.72. The van der Waals surface area contributed by atoms with E-state index in [1.54, 1.807) is 21.3 Å². The van der Waals surface area contributed by atoms with E-state index in [9.17, 15) is 4.79 Å². The van der Waals surface area contributed by atoms with E-state index < -0.39 is 0 Å². The number of ether oxygens (including phenoxy) is 2. The minimum Gasteiger partial charge on any atom is -0.497 e. The first-order valence-corrected chi connectivity index (χ1v) is 10.2. The van der Waals surface area contributed by atoms with Gasteiger partial charge in [0.15, 0.2) is 5.96 Å². The number of aliphatic imine (C=N–C) groups is 1. The second-order valence-electron chi connectivity index (χ2n) is 6.79. The fourth-order valence-electron chi connectivity index (χ4n) is 3.17. The van der Waals surface area contributed by atoms with Crippen LogP contribution in [-0.4, -0.2) is 95.4 Å². The number of piperazine rings is 1. The first kappa shape index (κ1) is 23.3. The van der Waals surface area contributed by atoms with Gasteiger partial charge in [-0.1, -0.05) is 17.7 Å². The molecular weight excluding hydrogens is 394 g/mol. The first-order chi connectivity index (χ1) is 14.1. The zero-order chi connectivity index (χ0) is 21.1. The molecule has 1 aliphatic heterocycles. The van der Waals surface area contributed by atoms with Gasteiger partial charge in [0.2, 0.25) is 5.91 Å². The summed E-state index contributed by atoms with van der Waals surface area (Å²) in [5.41, 5.74) is 1.07. The van der Waals surface area contributed by atoms with E-state index in [0.29, 0.717) is 24.7 Å². The molecule has 1 heterocycles. The van der Waals surface area contributed by atoms with Gasteiger partial charge < -0.3 is 25.0 Å². The largest absolute Gasteiger partial charge is 0.497 e. The molecule has 2 N–H and O–H groups in total. The van der Waals surface area contributed by atoms with Gasteiger partial charge >= 0.3 is 0 Å². The number of hydrogen-bond acceptors (Lipinski definition) is 5. The zero-order valence-corrected chi connectivity index (χ0v) is 18.3. The monoisotopic (exact) mass is 425 g/mol. The Bertz CT molecular complexity index is 678. The van der Waals surface area contributed by atoms with Crippen LogP contribution in [0.5, 0.6) is 5.75 Å². The van der Waals surface area contributed by atoms with Crippen molar-refractivity contribution in [2.24, 2.45) is 4.99 Å². The number of methoxy groups -OCH3 is 2. The van der Waals surface area contributed by atoms with Crippen LogP contribution in [0.25, 0.3) is 0 Å². The van der Waals surface area contributed by atoms with Crippen molar-refractivity contribution in [2.75, 3.05) is 73.7 Å². The fourth-order valence-corrected chi connectivity index (χ4v) is 3.43. The highest BCUT2D eigenvalue weighted by molar-refractivity contribution is 6.31. The van der Waals surface area contributed by atoms with Crippen molar-refractivity contribution < 1.29 is 14.3 Å². The molecule has 0 spiro atoms.